The monoisotopic (exact) mass is 448 g/mol. The molecule has 0 aliphatic carbocycles. The van der Waals surface area contributed by atoms with E-state index in [0.29, 0.717) is 0 Å². The van der Waals surface area contributed by atoms with Gasteiger partial charge in [0.15, 0.2) is 0 Å². The summed E-state index contributed by atoms with van der Waals surface area (Å²) in [5.74, 6) is -3.49. The molecule has 0 aromatic carbocycles. The zero-order valence-electron chi connectivity index (χ0n) is 14.5. The van der Waals surface area contributed by atoms with E-state index in [1.54, 1.807) is 57.2 Å². The maximum absolute atomic E-state index is 9.64. The molecule has 0 fully saturated rings. The standard InChI is InChI=1S/3C6H8O2.In/c3*1-2-3-4-5-6(7)8;/h3*2-5H,1H3,(H,7,8);/q;;;+3/p-3/b3*3-2+,5-4+;. The molecule has 0 atom stereocenters. The summed E-state index contributed by atoms with van der Waals surface area (Å²) in [4.78, 5) is 28.9. The first-order valence-corrected chi connectivity index (χ1v) is 6.82. The van der Waals surface area contributed by atoms with E-state index in [-0.39, 0.29) is 25.8 Å². The van der Waals surface area contributed by atoms with E-state index in [9.17, 15) is 29.7 Å². The molecule has 6 nitrogen and oxygen atoms in total. The van der Waals surface area contributed by atoms with Gasteiger partial charge >= 0.3 is 25.8 Å². The van der Waals surface area contributed by atoms with Crippen LogP contribution in [0.4, 0.5) is 0 Å². The maximum Gasteiger partial charge on any atom is 3.00 e. The second kappa shape index (κ2) is 26.6. The number of hydrogen-bond donors (Lipinski definition) is 0. The Labute approximate surface area is 167 Å². The fraction of sp³-hybridized carbons (Fsp3) is 0.167. The number of carbonyl (C=O) groups excluding carboxylic acids is 3. The van der Waals surface area contributed by atoms with Gasteiger partial charge in [-0.1, -0.05) is 54.7 Å². The molecular formula is C18H21InO6. The third kappa shape index (κ3) is 52.2. The van der Waals surface area contributed by atoms with E-state index in [1.165, 1.54) is 18.2 Å². The van der Waals surface area contributed by atoms with E-state index >= 15 is 0 Å². The van der Waals surface area contributed by atoms with Gasteiger partial charge in [-0.3, -0.25) is 0 Å². The molecule has 0 aromatic rings. The van der Waals surface area contributed by atoms with Gasteiger partial charge in [0.2, 0.25) is 0 Å². The Hall–Kier alpha value is -2.28. The van der Waals surface area contributed by atoms with Crippen molar-refractivity contribution in [2.45, 2.75) is 20.8 Å². The van der Waals surface area contributed by atoms with Crippen LogP contribution in [0.2, 0.25) is 0 Å². The first kappa shape index (κ1) is 30.6. The number of rotatable bonds is 6. The third-order valence-electron chi connectivity index (χ3n) is 1.61. The number of hydrogen-bond acceptors (Lipinski definition) is 6. The summed E-state index contributed by atoms with van der Waals surface area (Å²) < 4.78 is 0. The minimum absolute atomic E-state index is 0. The smallest absolute Gasteiger partial charge is 0.545 e. The summed E-state index contributed by atoms with van der Waals surface area (Å²) in [6.45, 7) is 5.42. The van der Waals surface area contributed by atoms with Crippen LogP contribution in [0.5, 0.6) is 0 Å². The van der Waals surface area contributed by atoms with E-state index in [4.69, 9.17) is 0 Å². The van der Waals surface area contributed by atoms with Crippen LogP contribution in [0.3, 0.4) is 0 Å². The quantitative estimate of drug-likeness (QED) is 0.389. The molecule has 0 heterocycles. The van der Waals surface area contributed by atoms with Gasteiger partial charge in [-0.05, 0) is 39.0 Å². The molecular weight excluding hydrogens is 427 g/mol. The van der Waals surface area contributed by atoms with Crippen LogP contribution in [0.1, 0.15) is 20.8 Å². The molecule has 0 bridgehead atoms. The number of carboxylic acids is 3. The Balaban J connectivity index is -0.000000130. The van der Waals surface area contributed by atoms with Gasteiger partial charge in [0.1, 0.15) is 0 Å². The van der Waals surface area contributed by atoms with Crippen molar-refractivity contribution in [3.05, 3.63) is 72.9 Å². The van der Waals surface area contributed by atoms with Crippen molar-refractivity contribution in [1.29, 1.82) is 0 Å². The largest absolute Gasteiger partial charge is 3.00 e. The summed E-state index contributed by atoms with van der Waals surface area (Å²) in [6, 6.07) is 0. The summed E-state index contributed by atoms with van der Waals surface area (Å²) in [6.07, 6.45) is 17.2. The molecule has 0 N–H and O–H groups in total. The Kier molecular flexibility index (Phi) is 32.6. The average molecular weight is 448 g/mol. The number of aliphatic carboxylic acids is 3. The zero-order valence-corrected chi connectivity index (χ0v) is 17.8. The van der Waals surface area contributed by atoms with E-state index in [1.807, 2.05) is 0 Å². The summed E-state index contributed by atoms with van der Waals surface area (Å²) in [5, 5.41) is 28.9. The van der Waals surface area contributed by atoms with Crippen LogP contribution >= 0.6 is 0 Å². The SMILES string of the molecule is C/C=C/C=C/C(=O)[O-].C/C=C/C=C/C(=O)[O-].C/C=C/C=C/C(=O)[O-].[In+3]. The van der Waals surface area contributed by atoms with Crippen molar-refractivity contribution < 1.29 is 29.7 Å². The van der Waals surface area contributed by atoms with Crippen molar-refractivity contribution in [1.82, 2.24) is 0 Å². The second-order valence-corrected chi connectivity index (χ2v) is 3.61. The first-order chi connectivity index (χ1) is 11.3. The molecule has 0 radical (unpaired) electrons. The molecule has 0 saturated carbocycles. The average Bonchev–Trinajstić information content (AvgIpc) is 2.48. The Morgan fingerprint density at radius 1 is 0.520 bits per heavy atom. The predicted molar refractivity (Wildman–Crippen MR) is 92.6 cm³/mol. The molecule has 0 aromatic heterocycles. The summed E-state index contributed by atoms with van der Waals surface area (Å²) in [7, 11) is 0. The van der Waals surface area contributed by atoms with Crippen molar-refractivity contribution >= 4 is 43.8 Å². The van der Waals surface area contributed by atoms with Crippen LogP contribution in [-0.4, -0.2) is 43.8 Å². The van der Waals surface area contributed by atoms with Crippen LogP contribution in [0.25, 0.3) is 0 Å². The van der Waals surface area contributed by atoms with Crippen molar-refractivity contribution in [2.75, 3.05) is 0 Å². The zero-order chi connectivity index (χ0) is 19.2. The normalized spacial score (nSPS) is 10.7. The van der Waals surface area contributed by atoms with Gasteiger partial charge < -0.3 is 29.7 Å². The molecule has 0 aliphatic heterocycles. The molecule has 132 valence electrons. The minimum Gasteiger partial charge on any atom is -0.545 e. The Morgan fingerprint density at radius 3 is 0.840 bits per heavy atom. The van der Waals surface area contributed by atoms with Gasteiger partial charge in [0, 0.05) is 0 Å². The third-order valence-corrected chi connectivity index (χ3v) is 1.61. The number of allylic oxidation sites excluding steroid dienone is 9. The minimum atomic E-state index is -1.16. The molecule has 0 aliphatic rings. The molecule has 0 amide bonds. The van der Waals surface area contributed by atoms with Crippen molar-refractivity contribution in [2.24, 2.45) is 0 Å². The van der Waals surface area contributed by atoms with Gasteiger partial charge in [-0.25, -0.2) is 0 Å². The maximum atomic E-state index is 9.64. The summed E-state index contributed by atoms with van der Waals surface area (Å²) in [5.41, 5.74) is 0. The van der Waals surface area contributed by atoms with Crippen molar-refractivity contribution in [3.8, 4) is 0 Å². The first-order valence-electron chi connectivity index (χ1n) is 6.82. The fourth-order valence-electron chi connectivity index (χ4n) is 0.736. The molecule has 0 unspecified atom stereocenters. The molecule has 0 spiro atoms. The van der Waals surface area contributed by atoms with E-state index in [0.717, 1.165) is 18.2 Å². The van der Waals surface area contributed by atoms with Crippen LogP contribution in [0, 0.1) is 0 Å². The van der Waals surface area contributed by atoms with E-state index < -0.39 is 17.9 Å². The van der Waals surface area contributed by atoms with Gasteiger partial charge in [-0.15, -0.1) is 0 Å². The van der Waals surface area contributed by atoms with Crippen LogP contribution < -0.4 is 15.3 Å². The molecule has 0 rings (SSSR count). The van der Waals surface area contributed by atoms with Crippen LogP contribution in [0.15, 0.2) is 72.9 Å². The van der Waals surface area contributed by atoms with Gasteiger partial charge in [-0.2, -0.15) is 0 Å². The number of carboxylic acid groups (broad SMARTS) is 3. The predicted octanol–water partition coefficient (Wildman–Crippen LogP) is -0.775. The molecule has 0 saturated heterocycles. The Morgan fingerprint density at radius 2 is 0.720 bits per heavy atom. The van der Waals surface area contributed by atoms with E-state index in [2.05, 4.69) is 0 Å². The Bertz CT molecular complexity index is 450. The van der Waals surface area contributed by atoms with Gasteiger partial charge in [0.25, 0.3) is 0 Å². The fourth-order valence-corrected chi connectivity index (χ4v) is 0.736. The van der Waals surface area contributed by atoms with Crippen molar-refractivity contribution in [3.63, 3.8) is 0 Å². The van der Waals surface area contributed by atoms with Gasteiger partial charge in [0.05, 0.1) is 17.9 Å². The molecule has 25 heavy (non-hydrogen) atoms. The second-order valence-electron chi connectivity index (χ2n) is 3.61. The topological polar surface area (TPSA) is 120 Å². The summed E-state index contributed by atoms with van der Waals surface area (Å²) >= 11 is 0. The molecule has 7 heteroatoms. The number of carbonyl (C=O) groups is 3. The van der Waals surface area contributed by atoms with Crippen LogP contribution in [-0.2, 0) is 14.4 Å².